The van der Waals surface area contributed by atoms with E-state index in [1.807, 2.05) is 31.2 Å². The van der Waals surface area contributed by atoms with Crippen LogP contribution < -0.4 is 5.32 Å². The molecule has 29 heavy (non-hydrogen) atoms. The number of ether oxygens (including phenoxy) is 1. The zero-order chi connectivity index (χ0) is 20.4. The number of rotatable bonds is 5. The van der Waals surface area contributed by atoms with Crippen molar-refractivity contribution >= 4 is 17.4 Å². The summed E-state index contributed by atoms with van der Waals surface area (Å²) in [6, 6.07) is 17.8. The van der Waals surface area contributed by atoms with Gasteiger partial charge in [-0.3, -0.25) is 14.5 Å². The average molecular weight is 390 g/mol. The van der Waals surface area contributed by atoms with Crippen LogP contribution in [-0.4, -0.2) is 36.4 Å². The van der Waals surface area contributed by atoms with Crippen molar-refractivity contribution in [3.05, 3.63) is 77.4 Å². The summed E-state index contributed by atoms with van der Waals surface area (Å²) in [6.07, 6.45) is 3.24. The smallest absolute Gasteiger partial charge is 0.305 e. The van der Waals surface area contributed by atoms with Gasteiger partial charge in [-0.2, -0.15) is 0 Å². The minimum Gasteiger partial charge on any atom is -0.434 e. The maximum absolute atomic E-state index is 12.5. The molecular formula is C24H26N2O3. The highest BCUT2D eigenvalue weighted by molar-refractivity contribution is 6.00. The first kappa shape index (κ1) is 19.4. The molecule has 0 fully saturated rings. The topological polar surface area (TPSA) is 58.6 Å². The van der Waals surface area contributed by atoms with E-state index in [0.29, 0.717) is 12.1 Å². The number of hydrogen-bond donors (Lipinski definition) is 1. The van der Waals surface area contributed by atoms with E-state index < -0.39 is 11.7 Å². The highest BCUT2D eigenvalue weighted by Gasteiger charge is 2.50. The summed E-state index contributed by atoms with van der Waals surface area (Å²) in [5.74, 6) is -0.706. The Balaban J connectivity index is 1.53. The van der Waals surface area contributed by atoms with Gasteiger partial charge in [-0.15, -0.1) is 0 Å². The Morgan fingerprint density at radius 3 is 2.59 bits per heavy atom. The van der Waals surface area contributed by atoms with Gasteiger partial charge in [-0.05, 0) is 23.6 Å². The van der Waals surface area contributed by atoms with Gasteiger partial charge in [0.1, 0.15) is 0 Å². The standard InChI is InChI=1S/C24H26N2O3/c1-17(16-26-14-12-20(13-15-26)19-8-4-3-5-9-19)24(29-18(2)27)22-11-7-6-10-21(22)23(28)25-24/h3-12,17H,13-16H2,1-2H3,(H,25,28). The van der Waals surface area contributed by atoms with E-state index in [4.69, 9.17) is 4.74 Å². The number of hydrogen-bond acceptors (Lipinski definition) is 4. The third-order valence-corrected chi connectivity index (χ3v) is 5.84. The summed E-state index contributed by atoms with van der Waals surface area (Å²) in [5, 5.41) is 2.96. The second-order valence-electron chi connectivity index (χ2n) is 7.84. The van der Waals surface area contributed by atoms with E-state index in [1.54, 1.807) is 6.07 Å². The molecule has 0 saturated carbocycles. The molecule has 150 valence electrons. The molecule has 0 aromatic heterocycles. The van der Waals surface area contributed by atoms with Crippen LogP contribution in [0.4, 0.5) is 0 Å². The third kappa shape index (κ3) is 3.70. The molecule has 2 aliphatic heterocycles. The Morgan fingerprint density at radius 1 is 1.17 bits per heavy atom. The molecule has 0 radical (unpaired) electrons. The number of nitrogens with one attached hydrogen (secondary N) is 1. The fourth-order valence-corrected chi connectivity index (χ4v) is 4.41. The molecule has 2 aromatic rings. The molecule has 2 unspecified atom stereocenters. The fourth-order valence-electron chi connectivity index (χ4n) is 4.41. The van der Waals surface area contributed by atoms with Gasteiger partial charge in [0.15, 0.2) is 0 Å². The number of benzene rings is 2. The lowest BCUT2D eigenvalue weighted by atomic mass is 9.89. The van der Waals surface area contributed by atoms with Gasteiger partial charge in [0.25, 0.3) is 5.91 Å². The van der Waals surface area contributed by atoms with Crippen LogP contribution in [0.3, 0.4) is 0 Å². The molecule has 0 bridgehead atoms. The molecule has 2 aromatic carbocycles. The molecule has 5 heteroatoms. The van der Waals surface area contributed by atoms with Crippen LogP contribution in [0, 0.1) is 5.92 Å². The molecule has 0 aliphatic carbocycles. The number of fused-ring (bicyclic) bond motifs is 1. The number of esters is 1. The van der Waals surface area contributed by atoms with Gasteiger partial charge in [0, 0.05) is 43.6 Å². The molecule has 2 heterocycles. The van der Waals surface area contributed by atoms with Gasteiger partial charge < -0.3 is 10.1 Å². The van der Waals surface area contributed by atoms with Crippen LogP contribution in [0.15, 0.2) is 60.7 Å². The number of amides is 1. The van der Waals surface area contributed by atoms with Crippen molar-refractivity contribution in [2.45, 2.75) is 26.0 Å². The average Bonchev–Trinajstić information content (AvgIpc) is 3.02. The summed E-state index contributed by atoms with van der Waals surface area (Å²) in [5.41, 5.74) is 2.83. The quantitative estimate of drug-likeness (QED) is 0.793. The van der Waals surface area contributed by atoms with Gasteiger partial charge in [0.2, 0.25) is 5.72 Å². The summed E-state index contributed by atoms with van der Waals surface area (Å²) in [6.45, 7) is 5.89. The van der Waals surface area contributed by atoms with Gasteiger partial charge >= 0.3 is 5.97 Å². The monoisotopic (exact) mass is 390 g/mol. The van der Waals surface area contributed by atoms with Crippen LogP contribution >= 0.6 is 0 Å². The normalized spacial score (nSPS) is 22.4. The molecule has 1 N–H and O–H groups in total. The van der Waals surface area contributed by atoms with Crippen molar-refractivity contribution in [3.8, 4) is 0 Å². The predicted octanol–water partition coefficient (Wildman–Crippen LogP) is 3.57. The van der Waals surface area contributed by atoms with Gasteiger partial charge in [-0.25, -0.2) is 0 Å². The molecule has 0 saturated heterocycles. The third-order valence-electron chi connectivity index (χ3n) is 5.84. The van der Waals surface area contributed by atoms with Crippen LogP contribution in [0.2, 0.25) is 0 Å². The van der Waals surface area contributed by atoms with Crippen molar-refractivity contribution in [1.82, 2.24) is 10.2 Å². The van der Waals surface area contributed by atoms with E-state index >= 15 is 0 Å². The number of nitrogens with zero attached hydrogens (tertiary/aromatic N) is 1. The second-order valence-corrected chi connectivity index (χ2v) is 7.84. The van der Waals surface area contributed by atoms with Gasteiger partial charge in [-0.1, -0.05) is 61.5 Å². The minimum atomic E-state index is -1.12. The predicted molar refractivity (Wildman–Crippen MR) is 112 cm³/mol. The minimum absolute atomic E-state index is 0.106. The van der Waals surface area contributed by atoms with Crippen LogP contribution in [-0.2, 0) is 15.3 Å². The van der Waals surface area contributed by atoms with Crippen molar-refractivity contribution < 1.29 is 14.3 Å². The summed E-state index contributed by atoms with van der Waals surface area (Å²) in [7, 11) is 0. The van der Waals surface area contributed by atoms with Crippen molar-refractivity contribution in [2.24, 2.45) is 5.92 Å². The molecular weight excluding hydrogens is 364 g/mol. The largest absolute Gasteiger partial charge is 0.434 e. The second kappa shape index (κ2) is 7.84. The SMILES string of the molecule is CC(=O)OC1(C(C)CN2CC=C(c3ccccc3)CC2)NC(=O)c2ccccc21. The Hall–Kier alpha value is -2.92. The summed E-state index contributed by atoms with van der Waals surface area (Å²) >= 11 is 0. The van der Waals surface area contributed by atoms with E-state index in [1.165, 1.54) is 18.1 Å². The number of carbonyl (C=O) groups excluding carboxylic acids is 2. The Bertz CT molecular complexity index is 950. The van der Waals surface area contributed by atoms with Crippen LogP contribution in [0.1, 0.15) is 41.8 Å². The molecule has 2 aliphatic rings. The molecule has 4 rings (SSSR count). The first-order valence-electron chi connectivity index (χ1n) is 10.1. The zero-order valence-electron chi connectivity index (χ0n) is 16.9. The molecule has 0 spiro atoms. The van der Waals surface area contributed by atoms with Crippen molar-refractivity contribution in [1.29, 1.82) is 0 Å². The van der Waals surface area contributed by atoms with E-state index in [2.05, 4.69) is 40.6 Å². The van der Waals surface area contributed by atoms with Crippen molar-refractivity contribution in [2.75, 3.05) is 19.6 Å². The van der Waals surface area contributed by atoms with Crippen LogP contribution in [0.5, 0.6) is 0 Å². The Kier molecular flexibility index (Phi) is 5.24. The van der Waals surface area contributed by atoms with E-state index in [0.717, 1.165) is 25.1 Å². The number of carbonyl (C=O) groups is 2. The van der Waals surface area contributed by atoms with Crippen LogP contribution in [0.25, 0.3) is 5.57 Å². The van der Waals surface area contributed by atoms with Gasteiger partial charge in [0.05, 0.1) is 0 Å². The maximum Gasteiger partial charge on any atom is 0.305 e. The lowest BCUT2D eigenvalue weighted by Crippen LogP contribution is -2.52. The lowest BCUT2D eigenvalue weighted by molar-refractivity contribution is -0.168. The first-order valence-corrected chi connectivity index (χ1v) is 10.1. The summed E-state index contributed by atoms with van der Waals surface area (Å²) in [4.78, 5) is 26.8. The molecule has 5 nitrogen and oxygen atoms in total. The zero-order valence-corrected chi connectivity index (χ0v) is 16.9. The van der Waals surface area contributed by atoms with Crippen molar-refractivity contribution in [3.63, 3.8) is 0 Å². The maximum atomic E-state index is 12.5. The Labute approximate surface area is 171 Å². The molecule has 1 amide bonds. The first-order chi connectivity index (χ1) is 14.0. The summed E-state index contributed by atoms with van der Waals surface area (Å²) < 4.78 is 5.78. The molecule has 2 atom stereocenters. The van der Waals surface area contributed by atoms with E-state index in [-0.39, 0.29) is 11.8 Å². The fraction of sp³-hybridized carbons (Fsp3) is 0.333. The highest BCUT2D eigenvalue weighted by atomic mass is 16.6. The highest BCUT2D eigenvalue weighted by Crippen LogP contribution is 2.39. The van der Waals surface area contributed by atoms with E-state index in [9.17, 15) is 9.59 Å². The lowest BCUT2D eigenvalue weighted by Gasteiger charge is -2.38. The Morgan fingerprint density at radius 2 is 1.90 bits per heavy atom.